The molecule has 0 saturated heterocycles. The van der Waals surface area contributed by atoms with E-state index in [9.17, 15) is 8.42 Å². The Balaban J connectivity index is 3.15. The normalized spacial score (nSPS) is 11.3. The van der Waals surface area contributed by atoms with E-state index in [2.05, 4.69) is 19.0 Å². The van der Waals surface area contributed by atoms with Gasteiger partial charge in [0.15, 0.2) is 0 Å². The highest BCUT2D eigenvalue weighted by molar-refractivity contribution is 7.85. The highest BCUT2D eigenvalue weighted by Gasteiger charge is 2.03. The van der Waals surface area contributed by atoms with E-state index < -0.39 is 15.9 Å². The van der Waals surface area contributed by atoms with Crippen LogP contribution in [0.3, 0.4) is 0 Å². The molecule has 0 aromatic heterocycles. The van der Waals surface area contributed by atoms with Crippen LogP contribution >= 0.6 is 0 Å². The molecule has 0 aliphatic rings. The van der Waals surface area contributed by atoms with E-state index in [0.29, 0.717) is 33.0 Å². The van der Waals surface area contributed by atoms with Crippen molar-refractivity contribution in [2.24, 2.45) is 0 Å². The van der Waals surface area contributed by atoms with Crippen LogP contribution in [-0.2, 0) is 29.1 Å². The number of unbranched alkanes of at least 4 members (excludes halogenated alkanes) is 12. The van der Waals surface area contributed by atoms with Crippen molar-refractivity contribution in [3.05, 3.63) is 0 Å². The van der Waals surface area contributed by atoms with Crippen molar-refractivity contribution in [3.63, 3.8) is 0 Å². The molecule has 0 fully saturated rings. The molecule has 8 heteroatoms. The maximum Gasteiger partial charge on any atom is 0.267 e. The average molecular weight is 479 g/mol. The summed E-state index contributed by atoms with van der Waals surface area (Å²) in [6.45, 7) is 4.60. The van der Waals surface area contributed by atoms with Gasteiger partial charge in [0.1, 0.15) is 12.7 Å². The van der Waals surface area contributed by atoms with Crippen molar-refractivity contribution >= 4 is 10.1 Å². The number of hydrogen-bond acceptors (Lipinski definition) is 6. The van der Waals surface area contributed by atoms with Crippen molar-refractivity contribution in [1.29, 1.82) is 0 Å². The first kappa shape index (κ1) is 31.1. The van der Waals surface area contributed by atoms with Crippen LogP contribution in [-0.4, -0.2) is 65.0 Å². The third kappa shape index (κ3) is 29.1. The van der Waals surface area contributed by atoms with Gasteiger partial charge in [0.25, 0.3) is 10.1 Å². The highest BCUT2D eigenvalue weighted by atomic mass is 32.2. The highest BCUT2D eigenvalue weighted by Crippen LogP contribution is 2.12. The summed E-state index contributed by atoms with van der Waals surface area (Å²) in [4.78, 5) is 0. The molecule has 0 heterocycles. The Morgan fingerprint density at radius 2 is 1.06 bits per heavy atom. The molecule has 190 valence electrons. The van der Waals surface area contributed by atoms with Gasteiger partial charge in [0.05, 0.1) is 45.4 Å². The number of ether oxygens (including phenoxy) is 4. The summed E-state index contributed by atoms with van der Waals surface area (Å²) in [6, 6.07) is 0. The largest absolute Gasteiger partial charge is 0.444 e. The second kappa shape index (κ2) is 24.8. The fourth-order valence-corrected chi connectivity index (χ4v) is 3.34. The van der Waals surface area contributed by atoms with E-state index in [-0.39, 0.29) is 13.2 Å². The topological polar surface area (TPSA) is 91.3 Å². The van der Waals surface area contributed by atoms with E-state index >= 15 is 0 Å². The quantitative estimate of drug-likeness (QED) is 0.119. The van der Waals surface area contributed by atoms with E-state index in [1.165, 1.54) is 70.6 Å². The van der Waals surface area contributed by atoms with Crippen LogP contribution in [0.1, 0.15) is 90.4 Å². The zero-order valence-corrected chi connectivity index (χ0v) is 21.0. The van der Waals surface area contributed by atoms with Gasteiger partial charge in [0.2, 0.25) is 0 Å². The van der Waals surface area contributed by atoms with Crippen LogP contribution < -0.4 is 0 Å². The van der Waals surface area contributed by atoms with Gasteiger partial charge in [-0.25, -0.2) is 0 Å². The fraction of sp³-hybridized carbons (Fsp3) is 0.917. The molecule has 0 saturated carbocycles. The second-order valence-corrected chi connectivity index (χ2v) is 9.46. The summed E-state index contributed by atoms with van der Waals surface area (Å²) in [5.41, 5.74) is 0. The molecule has 0 unspecified atom stereocenters. The van der Waals surface area contributed by atoms with Crippen LogP contribution in [0.15, 0.2) is 0 Å². The monoisotopic (exact) mass is 478 g/mol. The molecule has 0 aliphatic heterocycles. The average Bonchev–Trinajstić information content (AvgIpc) is 2.75. The number of rotatable bonds is 24. The maximum absolute atomic E-state index is 10.5. The maximum atomic E-state index is 10.5. The molecular formula is C24H46O7S. The fourth-order valence-electron chi connectivity index (χ4n) is 3.01. The predicted octanol–water partition coefficient (Wildman–Crippen LogP) is 4.99. The van der Waals surface area contributed by atoms with Crippen molar-refractivity contribution in [1.82, 2.24) is 0 Å². The number of hydrogen-bond donors (Lipinski definition) is 1. The minimum absolute atomic E-state index is 0.0453. The second-order valence-electron chi connectivity index (χ2n) is 7.89. The first-order valence-electron chi connectivity index (χ1n) is 12.3. The first-order valence-corrected chi connectivity index (χ1v) is 13.9. The molecule has 0 rings (SSSR count). The molecule has 0 radical (unpaired) electrons. The Kier molecular flexibility index (Phi) is 24.1. The van der Waals surface area contributed by atoms with E-state index in [0.717, 1.165) is 12.8 Å². The van der Waals surface area contributed by atoms with Crippen molar-refractivity contribution in [3.8, 4) is 12.0 Å². The van der Waals surface area contributed by atoms with Crippen LogP contribution in [0.5, 0.6) is 0 Å². The Labute approximate surface area is 196 Å². The molecule has 0 aromatic carbocycles. The summed E-state index contributed by atoms with van der Waals surface area (Å²) >= 11 is 0. The zero-order valence-electron chi connectivity index (χ0n) is 20.2. The van der Waals surface area contributed by atoms with Crippen molar-refractivity contribution < 1.29 is 31.9 Å². The van der Waals surface area contributed by atoms with Crippen LogP contribution in [0.4, 0.5) is 0 Å². The molecule has 0 aliphatic carbocycles. The molecule has 7 nitrogen and oxygen atoms in total. The van der Waals surface area contributed by atoms with E-state index in [4.69, 9.17) is 23.5 Å². The molecular weight excluding hydrogens is 432 g/mol. The Morgan fingerprint density at radius 3 is 1.56 bits per heavy atom. The van der Waals surface area contributed by atoms with Gasteiger partial charge in [-0.2, -0.15) is 8.42 Å². The van der Waals surface area contributed by atoms with Gasteiger partial charge in [-0.15, -0.1) is 0 Å². The zero-order chi connectivity index (χ0) is 23.6. The molecule has 32 heavy (non-hydrogen) atoms. The van der Waals surface area contributed by atoms with Gasteiger partial charge < -0.3 is 18.9 Å². The Morgan fingerprint density at radius 1 is 0.625 bits per heavy atom. The van der Waals surface area contributed by atoms with Gasteiger partial charge >= 0.3 is 0 Å². The lowest BCUT2D eigenvalue weighted by Gasteiger charge is -2.06. The smallest absolute Gasteiger partial charge is 0.267 e. The van der Waals surface area contributed by atoms with Crippen LogP contribution in [0, 0.1) is 12.0 Å². The minimum Gasteiger partial charge on any atom is -0.444 e. The first-order chi connectivity index (χ1) is 15.6. The minimum atomic E-state index is -3.96. The van der Waals surface area contributed by atoms with E-state index in [1.807, 2.05) is 0 Å². The summed E-state index contributed by atoms with van der Waals surface area (Å²) in [5, 5.41) is 0. The third-order valence-corrected chi connectivity index (χ3v) is 5.54. The summed E-state index contributed by atoms with van der Waals surface area (Å²) in [6.07, 6.45) is 19.8. The molecule has 1 N–H and O–H groups in total. The van der Waals surface area contributed by atoms with E-state index in [1.54, 1.807) is 0 Å². The molecule has 0 aromatic rings. The van der Waals surface area contributed by atoms with Crippen molar-refractivity contribution in [2.75, 3.05) is 52.0 Å². The van der Waals surface area contributed by atoms with Gasteiger partial charge in [-0.1, -0.05) is 83.5 Å². The van der Waals surface area contributed by atoms with Crippen LogP contribution in [0.2, 0.25) is 0 Å². The molecule has 0 bridgehead atoms. The Hall–Kier alpha value is -0.850. The van der Waals surface area contributed by atoms with Crippen molar-refractivity contribution in [2.45, 2.75) is 90.4 Å². The third-order valence-electron chi connectivity index (χ3n) is 4.86. The van der Waals surface area contributed by atoms with Gasteiger partial charge in [0, 0.05) is 6.42 Å². The standard InChI is InChI=1S/C24H46O7S/c1-2-3-4-5-6-7-8-9-10-11-12-13-14-15-16-28-17-18-29-19-20-30-21-22-31-23-24-32(25,26)27/h2-14,17-24H2,1H3,(H,25,26,27). The Bertz CT molecular complexity index is 540. The lowest BCUT2D eigenvalue weighted by atomic mass is 10.0. The summed E-state index contributed by atoms with van der Waals surface area (Å²) in [7, 11) is -3.96. The molecule has 0 atom stereocenters. The SMILES string of the molecule is CCCCCCCCCCCCCCC#COCCOCCOCCOCCS(=O)(=O)O. The van der Waals surface area contributed by atoms with Gasteiger partial charge in [-0.3, -0.25) is 4.55 Å². The molecule has 0 spiro atoms. The van der Waals surface area contributed by atoms with Gasteiger partial charge in [-0.05, 0) is 6.42 Å². The lowest BCUT2D eigenvalue weighted by Crippen LogP contribution is -2.14. The molecule has 0 amide bonds. The summed E-state index contributed by atoms with van der Waals surface area (Å²) < 4.78 is 50.4. The van der Waals surface area contributed by atoms with Crippen LogP contribution in [0.25, 0.3) is 0 Å². The summed E-state index contributed by atoms with van der Waals surface area (Å²) in [5.74, 6) is 2.64. The lowest BCUT2D eigenvalue weighted by molar-refractivity contribution is 0.00971. The predicted molar refractivity (Wildman–Crippen MR) is 128 cm³/mol.